The molecule has 118 valence electrons. The van der Waals surface area contributed by atoms with E-state index in [9.17, 15) is 9.90 Å². The highest BCUT2D eigenvalue weighted by Gasteiger charge is 2.25. The largest absolute Gasteiger partial charge is 0.465 e. The molecule has 0 bridgehead atoms. The van der Waals surface area contributed by atoms with Crippen molar-refractivity contribution in [1.82, 2.24) is 9.88 Å². The van der Waals surface area contributed by atoms with Gasteiger partial charge in [-0.1, -0.05) is 17.7 Å². The zero-order valence-electron chi connectivity index (χ0n) is 12.1. The van der Waals surface area contributed by atoms with E-state index in [1.54, 1.807) is 0 Å². The molecule has 1 atom stereocenters. The van der Waals surface area contributed by atoms with Crippen LogP contribution in [0, 0.1) is 0 Å². The first-order valence-corrected chi connectivity index (χ1v) is 7.88. The zero-order valence-corrected chi connectivity index (χ0v) is 12.9. The molecule has 5 nitrogen and oxygen atoms in total. The highest BCUT2D eigenvalue weighted by Crippen LogP contribution is 2.33. The van der Waals surface area contributed by atoms with Gasteiger partial charge in [0.25, 0.3) is 0 Å². The van der Waals surface area contributed by atoms with Crippen molar-refractivity contribution in [3.8, 4) is 0 Å². The van der Waals surface area contributed by atoms with E-state index in [1.807, 2.05) is 18.3 Å². The van der Waals surface area contributed by atoms with Crippen molar-refractivity contribution < 1.29 is 15.0 Å². The first-order valence-electron chi connectivity index (χ1n) is 7.44. The van der Waals surface area contributed by atoms with Crippen molar-refractivity contribution in [3.05, 3.63) is 35.5 Å². The van der Waals surface area contributed by atoms with Crippen LogP contribution in [0.2, 0.25) is 0 Å². The minimum absolute atomic E-state index is 0.362. The number of hydrogen-bond donors (Lipinski definition) is 3. The van der Waals surface area contributed by atoms with Crippen LogP contribution in [-0.4, -0.2) is 44.8 Å². The molecule has 1 fully saturated rings. The number of H-pyrrole nitrogens is 1. The number of alkyl halides is 1. The Morgan fingerprint density at radius 1 is 1.41 bits per heavy atom. The molecule has 0 aliphatic carbocycles. The van der Waals surface area contributed by atoms with E-state index in [1.165, 1.54) is 10.5 Å². The van der Waals surface area contributed by atoms with Crippen LogP contribution in [0.15, 0.2) is 24.4 Å². The van der Waals surface area contributed by atoms with Crippen LogP contribution >= 0.6 is 11.6 Å². The number of amides is 1. The molecule has 0 unspecified atom stereocenters. The van der Waals surface area contributed by atoms with E-state index in [-0.39, 0.29) is 0 Å². The van der Waals surface area contributed by atoms with E-state index in [0.29, 0.717) is 25.4 Å². The number of halogens is 1. The maximum atomic E-state index is 11.0. The number of benzene rings is 1. The monoisotopic (exact) mass is 322 g/mol. The van der Waals surface area contributed by atoms with Gasteiger partial charge in [-0.05, 0) is 42.0 Å². The molecule has 22 heavy (non-hydrogen) atoms. The second kappa shape index (κ2) is 6.18. The Bertz CT molecular complexity index is 675. The number of carboxylic acid groups (broad SMARTS) is 1. The SMILES string of the molecule is O=C(O)N1CCC(c2c[nH]c3ccc(C[C@H](O)Cl)cc23)CC1. The Hall–Kier alpha value is -1.72. The quantitative estimate of drug-likeness (QED) is 0.760. The van der Waals surface area contributed by atoms with E-state index in [4.69, 9.17) is 16.7 Å². The summed E-state index contributed by atoms with van der Waals surface area (Å²) in [6.07, 6.45) is 3.27. The van der Waals surface area contributed by atoms with Crippen LogP contribution in [0.4, 0.5) is 4.79 Å². The lowest BCUT2D eigenvalue weighted by Crippen LogP contribution is -2.36. The first kappa shape index (κ1) is 15.2. The number of piperidine rings is 1. The summed E-state index contributed by atoms with van der Waals surface area (Å²) in [5.41, 5.74) is 2.41. The average Bonchev–Trinajstić information content (AvgIpc) is 2.90. The van der Waals surface area contributed by atoms with Crippen molar-refractivity contribution in [2.75, 3.05) is 13.1 Å². The Kier molecular flexibility index (Phi) is 4.27. The molecule has 1 aromatic carbocycles. The standard InChI is InChI=1S/C16H19ClN2O3/c17-15(20)8-10-1-2-14-12(7-10)13(9-18-14)11-3-5-19(6-4-11)16(21)22/h1-2,7,9,11,15,18,20H,3-6,8H2,(H,21,22)/t15-/m0/s1. The van der Waals surface area contributed by atoms with E-state index < -0.39 is 11.7 Å². The van der Waals surface area contributed by atoms with Gasteiger partial charge in [0.05, 0.1) is 0 Å². The molecule has 1 aliphatic heterocycles. The molecule has 1 aromatic heterocycles. The van der Waals surface area contributed by atoms with Gasteiger partial charge in [0, 0.05) is 36.6 Å². The summed E-state index contributed by atoms with van der Waals surface area (Å²) in [4.78, 5) is 15.7. The number of fused-ring (bicyclic) bond motifs is 1. The van der Waals surface area contributed by atoms with Crippen LogP contribution in [0.25, 0.3) is 10.9 Å². The predicted octanol–water partition coefficient (Wildman–Crippen LogP) is 3.13. The Balaban J connectivity index is 1.83. The van der Waals surface area contributed by atoms with Crippen molar-refractivity contribution in [2.45, 2.75) is 30.7 Å². The zero-order chi connectivity index (χ0) is 15.7. The molecule has 0 spiro atoms. The fraction of sp³-hybridized carbons (Fsp3) is 0.438. The minimum atomic E-state index is -0.876. The van der Waals surface area contributed by atoms with Gasteiger partial charge in [0.2, 0.25) is 0 Å². The summed E-state index contributed by atoms with van der Waals surface area (Å²) in [6, 6.07) is 6.03. The molecule has 3 rings (SSSR count). The number of aromatic amines is 1. The average molecular weight is 323 g/mol. The minimum Gasteiger partial charge on any atom is -0.465 e. The molecule has 1 aliphatic rings. The van der Waals surface area contributed by atoms with Crippen molar-refractivity contribution in [3.63, 3.8) is 0 Å². The number of aliphatic hydroxyl groups is 1. The van der Waals surface area contributed by atoms with Crippen LogP contribution in [0.1, 0.15) is 29.9 Å². The topological polar surface area (TPSA) is 76.6 Å². The van der Waals surface area contributed by atoms with Gasteiger partial charge in [-0.15, -0.1) is 0 Å². The number of carbonyl (C=O) groups is 1. The summed E-state index contributed by atoms with van der Waals surface area (Å²) in [5.74, 6) is 0.362. The molecule has 6 heteroatoms. The maximum absolute atomic E-state index is 11.0. The van der Waals surface area contributed by atoms with E-state index in [2.05, 4.69) is 11.1 Å². The number of hydrogen-bond acceptors (Lipinski definition) is 2. The normalized spacial score (nSPS) is 17.8. The van der Waals surface area contributed by atoms with Gasteiger partial charge in [-0.25, -0.2) is 4.79 Å². The first-order chi connectivity index (χ1) is 10.5. The van der Waals surface area contributed by atoms with Gasteiger partial charge in [-0.3, -0.25) is 0 Å². The fourth-order valence-corrected chi connectivity index (χ4v) is 3.41. The number of nitrogens with zero attached hydrogens (tertiary/aromatic N) is 1. The van der Waals surface area contributed by atoms with Gasteiger partial charge in [-0.2, -0.15) is 0 Å². The van der Waals surface area contributed by atoms with Gasteiger partial charge >= 0.3 is 6.09 Å². The van der Waals surface area contributed by atoms with Crippen molar-refractivity contribution in [1.29, 1.82) is 0 Å². The third kappa shape index (κ3) is 3.05. The smallest absolute Gasteiger partial charge is 0.407 e. The predicted molar refractivity (Wildman–Crippen MR) is 85.4 cm³/mol. The molecular formula is C16H19ClN2O3. The van der Waals surface area contributed by atoms with Gasteiger partial charge in [0.1, 0.15) is 5.56 Å². The lowest BCUT2D eigenvalue weighted by molar-refractivity contribution is 0.132. The highest BCUT2D eigenvalue weighted by atomic mass is 35.5. The van der Waals surface area contributed by atoms with Crippen LogP contribution in [0.3, 0.4) is 0 Å². The molecule has 2 aromatic rings. The fourth-order valence-electron chi connectivity index (χ4n) is 3.23. The van der Waals surface area contributed by atoms with Crippen molar-refractivity contribution >= 4 is 28.6 Å². The molecular weight excluding hydrogens is 304 g/mol. The van der Waals surface area contributed by atoms with E-state index in [0.717, 1.165) is 29.3 Å². The third-order valence-electron chi connectivity index (χ3n) is 4.39. The lowest BCUT2D eigenvalue weighted by Gasteiger charge is -2.29. The second-order valence-electron chi connectivity index (χ2n) is 5.81. The van der Waals surface area contributed by atoms with Crippen molar-refractivity contribution in [2.24, 2.45) is 0 Å². The molecule has 3 N–H and O–H groups in total. The van der Waals surface area contributed by atoms with Crippen LogP contribution in [-0.2, 0) is 6.42 Å². The number of aromatic nitrogens is 1. The number of nitrogens with one attached hydrogen (secondary N) is 1. The lowest BCUT2D eigenvalue weighted by atomic mass is 9.89. The molecule has 1 amide bonds. The Morgan fingerprint density at radius 2 is 2.14 bits per heavy atom. The summed E-state index contributed by atoms with van der Waals surface area (Å²) in [5, 5.41) is 19.5. The third-order valence-corrected chi connectivity index (χ3v) is 4.54. The summed E-state index contributed by atoms with van der Waals surface area (Å²) < 4.78 is 0. The van der Waals surface area contributed by atoms with Crippen LogP contribution < -0.4 is 0 Å². The highest BCUT2D eigenvalue weighted by molar-refractivity contribution is 6.19. The molecule has 1 saturated heterocycles. The Labute approximate surface area is 133 Å². The Morgan fingerprint density at radius 3 is 2.77 bits per heavy atom. The summed E-state index contributed by atoms with van der Waals surface area (Å²) in [7, 11) is 0. The second-order valence-corrected chi connectivity index (χ2v) is 6.31. The number of rotatable bonds is 3. The number of likely N-dealkylation sites (tertiary alicyclic amines) is 1. The van der Waals surface area contributed by atoms with E-state index >= 15 is 0 Å². The van der Waals surface area contributed by atoms with Gasteiger partial charge in [0.15, 0.2) is 0 Å². The molecule has 0 saturated carbocycles. The summed E-state index contributed by atoms with van der Waals surface area (Å²) >= 11 is 5.66. The maximum Gasteiger partial charge on any atom is 0.407 e. The summed E-state index contributed by atoms with van der Waals surface area (Å²) in [6.45, 7) is 1.15. The molecule has 0 radical (unpaired) electrons. The number of aliphatic hydroxyl groups excluding tert-OH is 1. The van der Waals surface area contributed by atoms with Crippen LogP contribution in [0.5, 0.6) is 0 Å². The van der Waals surface area contributed by atoms with Gasteiger partial charge < -0.3 is 20.1 Å². The molecule has 2 heterocycles.